The average molecular weight is 1290 g/mol. The van der Waals surface area contributed by atoms with Gasteiger partial charge in [0.1, 0.15) is 59.1 Å². The number of hydrogen-bond donors (Lipinski definition) is 0. The number of anilines is 2. The molecular formula is C70H79BClN12O10+. The van der Waals surface area contributed by atoms with Crippen LogP contribution in [-0.4, -0.2) is 175 Å². The van der Waals surface area contributed by atoms with Crippen molar-refractivity contribution in [1.29, 1.82) is 10.5 Å². The molecule has 8 aliphatic rings. The number of rotatable bonds is 10. The molecule has 5 saturated heterocycles. The smallest absolute Gasteiger partial charge is 0.487 e. The van der Waals surface area contributed by atoms with E-state index in [1.54, 1.807) is 40.4 Å². The Morgan fingerprint density at radius 1 is 0.638 bits per heavy atom. The van der Waals surface area contributed by atoms with Crippen molar-refractivity contribution in [2.75, 3.05) is 88.6 Å². The second kappa shape index (κ2) is 28.0. The molecule has 24 heteroatoms. The van der Waals surface area contributed by atoms with E-state index >= 15 is 0 Å². The zero-order chi connectivity index (χ0) is 66.5. The van der Waals surface area contributed by atoms with Gasteiger partial charge in [0.25, 0.3) is 11.5 Å². The highest BCUT2D eigenvalue weighted by Crippen LogP contribution is 2.40. The molecular weight excluding hydrogens is 1220 g/mol. The lowest BCUT2D eigenvalue weighted by atomic mass is 9.78. The first kappa shape index (κ1) is 66.7. The lowest BCUT2D eigenvalue weighted by molar-refractivity contribution is 0.00578. The maximum atomic E-state index is 12.4. The molecule has 0 N–H and O–H groups in total. The average Bonchev–Trinajstić information content (AvgIpc) is 1.64. The number of carbonyl (C=O) groups excluding carboxylic acids is 2. The number of ether oxygens (including phenoxy) is 6. The second-order valence-electron chi connectivity index (χ2n) is 26.9. The van der Waals surface area contributed by atoms with Gasteiger partial charge >= 0.3 is 19.3 Å². The van der Waals surface area contributed by atoms with E-state index in [2.05, 4.69) is 102 Å². The molecule has 8 aliphatic heterocycles. The number of allylic oxidation sites excluding steroid dienone is 2. The standard InChI is InChI=1S/C32H34N6O4.C22H31BN2O5.C16H14ClN4O/c1-32(2,3)42-31(39)38-11-10-25(19-38)41-28-9-6-22(16-23(28)18-33)29-30-27(34-20-35-29)17-26(36-30)21-4-7-24(8-5-21)37-12-14-40-15-13-37;1-20(2,3)28-19(26)25-11-10-17(14-25)27-18-9-8-16(12-15(18)13-24)23-29-21(4,5)22(6,7)30-23;17-16-15-14(18-10-19-16)9-13(20-15)11-1-3-12(4-2-11)21-5-7-22-8-6-21/h4-9,16,20,25H,10-15,17,19H2,1-3H3;8-9,12,17H,10-11,14H2,1-7H3;1-4H,5-9H2/q;;+1/t25-;17-;/m11./s1. The molecule has 1 aromatic heterocycles. The van der Waals surface area contributed by atoms with Crippen molar-refractivity contribution >= 4 is 76.4 Å². The predicted octanol–water partition coefficient (Wildman–Crippen LogP) is 10.6. The van der Waals surface area contributed by atoms with Crippen LogP contribution in [0.5, 0.6) is 11.5 Å². The lowest BCUT2D eigenvalue weighted by Crippen LogP contribution is -2.41. The third kappa shape index (κ3) is 15.9. The minimum Gasteiger partial charge on any atom is -0.487 e. The number of aromatic nitrogens is 2. The van der Waals surface area contributed by atoms with E-state index in [-0.39, 0.29) is 24.4 Å². The van der Waals surface area contributed by atoms with Crippen LogP contribution in [0, 0.1) is 22.7 Å². The number of amides is 2. The van der Waals surface area contributed by atoms with Crippen LogP contribution in [-0.2, 0) is 34.7 Å². The predicted molar refractivity (Wildman–Crippen MR) is 360 cm³/mol. The summed E-state index contributed by atoms with van der Waals surface area (Å²) in [4.78, 5) is 59.2. The van der Waals surface area contributed by atoms with Crippen LogP contribution in [0.4, 0.5) is 26.7 Å². The summed E-state index contributed by atoms with van der Waals surface area (Å²) in [5.41, 5.74) is 10.6. The number of morpholine rings is 2. The Balaban J connectivity index is 0.000000152. The van der Waals surface area contributed by atoms with Crippen LogP contribution in [0.25, 0.3) is 11.3 Å². The first-order chi connectivity index (χ1) is 44.9. The Bertz CT molecular complexity index is 3880. The number of carbonyl (C=O) groups is 2. The Kier molecular flexibility index (Phi) is 19.9. The maximum absolute atomic E-state index is 12.4. The van der Waals surface area contributed by atoms with E-state index < -0.39 is 29.5 Å². The van der Waals surface area contributed by atoms with E-state index in [9.17, 15) is 20.1 Å². The first-order valence-electron chi connectivity index (χ1n) is 31.9. The Hall–Kier alpha value is -8.80. The second-order valence-corrected chi connectivity index (χ2v) is 27.2. The van der Waals surface area contributed by atoms with Crippen molar-refractivity contribution in [3.05, 3.63) is 131 Å². The summed E-state index contributed by atoms with van der Waals surface area (Å²) in [7, 11) is -0.537. The highest BCUT2D eigenvalue weighted by atomic mass is 35.5. The highest BCUT2D eigenvalue weighted by molar-refractivity contribution is 6.70. The first-order valence-corrected chi connectivity index (χ1v) is 32.3. The molecule has 0 spiro atoms. The van der Waals surface area contributed by atoms with Crippen molar-refractivity contribution in [2.24, 2.45) is 20.0 Å². The summed E-state index contributed by atoms with van der Waals surface area (Å²) in [5, 5.41) is 19.9. The van der Waals surface area contributed by atoms with Gasteiger partial charge < -0.3 is 57.3 Å². The molecule has 0 aliphatic carbocycles. The number of nitrogens with zero attached hydrogens (tertiary/aromatic N) is 12. The largest absolute Gasteiger partial charge is 0.494 e. The van der Waals surface area contributed by atoms with E-state index in [0.29, 0.717) is 91.1 Å². The molecule has 94 heavy (non-hydrogen) atoms. The van der Waals surface area contributed by atoms with Gasteiger partial charge in [0, 0.05) is 87.1 Å². The molecule has 5 fully saturated rings. The molecule has 0 unspecified atom stereocenters. The number of halogens is 1. The summed E-state index contributed by atoms with van der Waals surface area (Å²) < 4.78 is 46.1. The molecule has 13 rings (SSSR count). The lowest BCUT2D eigenvalue weighted by Gasteiger charge is -2.32. The van der Waals surface area contributed by atoms with Crippen LogP contribution in [0.3, 0.4) is 0 Å². The molecule has 0 bridgehead atoms. The van der Waals surface area contributed by atoms with Gasteiger partial charge in [-0.15, -0.1) is 0 Å². The molecule has 488 valence electrons. The van der Waals surface area contributed by atoms with E-state index in [1.807, 2.05) is 81.4 Å². The number of benzene rings is 4. The summed E-state index contributed by atoms with van der Waals surface area (Å²) in [6.07, 6.45) is 5.64. The molecule has 0 saturated carbocycles. The number of fused-ring (bicyclic) bond motifs is 1. The van der Waals surface area contributed by atoms with Gasteiger partial charge in [0.2, 0.25) is 5.70 Å². The van der Waals surface area contributed by atoms with Gasteiger partial charge in [-0.2, -0.15) is 10.5 Å². The van der Waals surface area contributed by atoms with Crippen LogP contribution < -0.4 is 24.7 Å². The monoisotopic (exact) mass is 1290 g/mol. The fraction of sp³-hybridized carbons (Fsp3) is 0.457. The Morgan fingerprint density at radius 2 is 1.13 bits per heavy atom. The third-order valence-corrected chi connectivity index (χ3v) is 17.5. The minimum atomic E-state index is -0.556. The van der Waals surface area contributed by atoms with Gasteiger partial charge in [-0.25, -0.2) is 29.5 Å². The molecule has 9 heterocycles. The Morgan fingerprint density at radius 3 is 1.63 bits per heavy atom. The molecule has 22 nitrogen and oxygen atoms in total. The molecule has 0 radical (unpaired) electrons. The van der Waals surface area contributed by atoms with Crippen LogP contribution in [0.1, 0.15) is 116 Å². The topological polar surface area (TPSA) is 244 Å². The fourth-order valence-corrected chi connectivity index (χ4v) is 11.7. The van der Waals surface area contributed by atoms with Crippen molar-refractivity contribution in [3.8, 4) is 34.9 Å². The molecule has 2 atom stereocenters. The van der Waals surface area contributed by atoms with Crippen molar-refractivity contribution in [2.45, 2.75) is 130 Å². The molecule has 2 amide bonds. The van der Waals surface area contributed by atoms with Crippen molar-refractivity contribution in [3.63, 3.8) is 0 Å². The fourth-order valence-electron chi connectivity index (χ4n) is 11.6. The van der Waals surface area contributed by atoms with Gasteiger partial charge in [0.05, 0.1) is 91.1 Å². The number of hydrogen-bond acceptors (Lipinski definition) is 20. The quantitative estimate of drug-likeness (QED) is 0.0932. The van der Waals surface area contributed by atoms with Gasteiger partial charge in [-0.05, 0) is 150 Å². The van der Waals surface area contributed by atoms with E-state index in [4.69, 9.17) is 54.3 Å². The molecule has 5 aromatic rings. The summed E-state index contributed by atoms with van der Waals surface area (Å²) >= 11 is 6.04. The number of likely N-dealkylation sites (tertiary alicyclic amines) is 2. The maximum Gasteiger partial charge on any atom is 0.494 e. The third-order valence-electron chi connectivity index (χ3n) is 17.2. The van der Waals surface area contributed by atoms with Crippen LogP contribution >= 0.6 is 11.6 Å². The summed E-state index contributed by atoms with van der Waals surface area (Å²) in [5.74, 6) is 0.973. The SMILES string of the molecule is CC(C)(C)OC(=O)N1CC[C@@H](Oc2ccc(-c3ncnc4c3N=C(c3ccc(N5CCOCC5)cc3)C4)cc2C#N)C1.CC(C)(C)OC(=O)N1CC[C@@H](Oc2ccc(B3OC(C)(C)C(C)(C)O3)cc2C#N)C1.ClC1=N[C+]=NC2=C1N=C(c1ccc(N3CCOCC3)cc1)C2. The minimum absolute atomic E-state index is 0.188. The van der Waals surface area contributed by atoms with Gasteiger partial charge in [0.15, 0.2) is 5.70 Å². The van der Waals surface area contributed by atoms with Crippen molar-refractivity contribution in [1.82, 2.24) is 19.8 Å². The van der Waals surface area contributed by atoms with E-state index in [1.165, 1.54) is 11.4 Å². The van der Waals surface area contributed by atoms with Crippen LogP contribution in [0.2, 0.25) is 0 Å². The van der Waals surface area contributed by atoms with Gasteiger partial charge in [-0.3, -0.25) is 0 Å². The number of nitriles is 2. The zero-order valence-electron chi connectivity index (χ0n) is 55.0. The van der Waals surface area contributed by atoms with E-state index in [0.717, 1.165) is 103 Å². The highest BCUT2D eigenvalue weighted by Gasteiger charge is 2.52. The summed E-state index contributed by atoms with van der Waals surface area (Å²) in [6, 6.07) is 32.2. The number of aliphatic imine (C=N–C) groups is 4. The normalized spacial score (nSPS) is 20.2. The summed E-state index contributed by atoms with van der Waals surface area (Å²) in [6.45, 7) is 27.7. The van der Waals surface area contributed by atoms with Crippen molar-refractivity contribution < 1.29 is 47.3 Å². The van der Waals surface area contributed by atoms with Gasteiger partial charge in [-0.1, -0.05) is 30.3 Å². The zero-order valence-corrected chi connectivity index (χ0v) is 55.8. The molecule has 4 aromatic carbocycles. The Labute approximate surface area is 555 Å². The van der Waals surface area contributed by atoms with Crippen LogP contribution in [0.15, 0.2) is 123 Å².